The highest BCUT2D eigenvalue weighted by Crippen LogP contribution is 2.63. The molecule has 1 nitrogen and oxygen atoms in total. The molecule has 0 radical (unpaired) electrons. The fourth-order valence-corrected chi connectivity index (χ4v) is 4.13. The van der Waals surface area contributed by atoms with Gasteiger partial charge in [0, 0.05) is 16.3 Å². The Morgan fingerprint density at radius 2 is 2.12 bits per heavy atom. The number of hydrogen-bond acceptors (Lipinski definition) is 1. The molecule has 1 aromatic rings. The zero-order valence-corrected chi connectivity index (χ0v) is 11.4. The molecule has 0 N–H and O–H groups in total. The van der Waals surface area contributed by atoms with Crippen molar-refractivity contribution in [2.75, 3.05) is 5.33 Å². The van der Waals surface area contributed by atoms with Crippen LogP contribution in [0.25, 0.3) is 0 Å². The van der Waals surface area contributed by atoms with Gasteiger partial charge < -0.3 is 4.74 Å². The first kappa shape index (κ1) is 10.6. The van der Waals surface area contributed by atoms with Crippen LogP contribution in [0.1, 0.15) is 32.3 Å². The normalized spacial score (nSPS) is 34.3. The molecule has 86 valence electrons. The molecule has 1 heterocycles. The number of alkyl halides is 1. The maximum Gasteiger partial charge on any atom is 0.123 e. The fourth-order valence-electron chi connectivity index (χ4n) is 3.29. The molecule has 1 aliphatic heterocycles. The Morgan fingerprint density at radius 3 is 2.81 bits per heavy atom. The van der Waals surface area contributed by atoms with Crippen molar-refractivity contribution in [3.8, 4) is 5.75 Å². The predicted molar refractivity (Wildman–Crippen MR) is 69.3 cm³/mol. The molecule has 3 rings (SSSR count). The molecular formula is C14H17BrO. The average Bonchev–Trinajstić information content (AvgIpc) is 2.90. The van der Waals surface area contributed by atoms with Gasteiger partial charge >= 0.3 is 0 Å². The molecule has 1 aromatic carbocycles. The summed E-state index contributed by atoms with van der Waals surface area (Å²) in [4.78, 5) is 0. The number of halogens is 1. The fraction of sp³-hybridized carbons (Fsp3) is 0.571. The molecule has 1 fully saturated rings. The summed E-state index contributed by atoms with van der Waals surface area (Å²) >= 11 is 3.64. The molecule has 1 spiro atoms. The van der Waals surface area contributed by atoms with E-state index in [0.29, 0.717) is 5.41 Å². The third-order valence-electron chi connectivity index (χ3n) is 3.97. The van der Waals surface area contributed by atoms with Crippen LogP contribution in [-0.2, 0) is 5.41 Å². The molecular weight excluding hydrogens is 264 g/mol. The average molecular weight is 281 g/mol. The van der Waals surface area contributed by atoms with E-state index in [0.717, 1.165) is 23.4 Å². The van der Waals surface area contributed by atoms with Gasteiger partial charge in [-0.2, -0.15) is 0 Å². The summed E-state index contributed by atoms with van der Waals surface area (Å²) in [7, 11) is 0. The minimum Gasteiger partial charge on any atom is -0.488 e. The van der Waals surface area contributed by atoms with Gasteiger partial charge in [-0.25, -0.2) is 0 Å². The number of ether oxygens (including phenoxy) is 1. The molecule has 2 heteroatoms. The van der Waals surface area contributed by atoms with Gasteiger partial charge in [0.25, 0.3) is 0 Å². The van der Waals surface area contributed by atoms with Crippen molar-refractivity contribution in [2.45, 2.75) is 37.7 Å². The number of para-hydroxylation sites is 1. The Kier molecular flexibility index (Phi) is 2.16. The van der Waals surface area contributed by atoms with Crippen molar-refractivity contribution < 1.29 is 4.74 Å². The number of hydrogen-bond donors (Lipinski definition) is 0. The number of fused-ring (bicyclic) bond motifs is 2. The van der Waals surface area contributed by atoms with Gasteiger partial charge in [0.2, 0.25) is 0 Å². The summed E-state index contributed by atoms with van der Waals surface area (Å²) in [5.41, 5.74) is 1.80. The second-order valence-electron chi connectivity index (χ2n) is 5.75. The standard InChI is InChI=1S/C14H17BrO/c1-13(2)9-14(7-10(14)8-15)11-5-3-4-6-12(11)16-13/h3-6,10H,7-9H2,1-2H3. The van der Waals surface area contributed by atoms with Gasteiger partial charge in [-0.15, -0.1) is 0 Å². The first-order valence-corrected chi connectivity index (χ1v) is 7.04. The van der Waals surface area contributed by atoms with Crippen LogP contribution in [0.2, 0.25) is 0 Å². The van der Waals surface area contributed by atoms with Gasteiger partial charge in [0.05, 0.1) is 0 Å². The minimum absolute atomic E-state index is 0.0225. The Balaban J connectivity index is 2.08. The summed E-state index contributed by atoms with van der Waals surface area (Å²) in [6.07, 6.45) is 2.45. The number of rotatable bonds is 1. The van der Waals surface area contributed by atoms with E-state index in [1.165, 1.54) is 12.0 Å². The lowest BCUT2D eigenvalue weighted by Gasteiger charge is -2.38. The zero-order valence-electron chi connectivity index (χ0n) is 9.79. The van der Waals surface area contributed by atoms with Crippen LogP contribution in [0.15, 0.2) is 24.3 Å². The summed E-state index contributed by atoms with van der Waals surface area (Å²) in [6.45, 7) is 4.41. The number of benzene rings is 1. The van der Waals surface area contributed by atoms with Crippen LogP contribution in [0.4, 0.5) is 0 Å². The largest absolute Gasteiger partial charge is 0.488 e. The van der Waals surface area contributed by atoms with E-state index in [1.807, 2.05) is 0 Å². The quantitative estimate of drug-likeness (QED) is 0.709. The Labute approximate surface area is 105 Å². The van der Waals surface area contributed by atoms with Crippen molar-refractivity contribution in [2.24, 2.45) is 5.92 Å². The predicted octanol–water partition coefficient (Wildman–Crippen LogP) is 3.90. The van der Waals surface area contributed by atoms with Crippen molar-refractivity contribution in [1.29, 1.82) is 0 Å². The molecule has 0 aromatic heterocycles. The van der Waals surface area contributed by atoms with E-state index in [9.17, 15) is 0 Å². The highest BCUT2D eigenvalue weighted by Gasteiger charge is 2.60. The van der Waals surface area contributed by atoms with Crippen LogP contribution in [0.5, 0.6) is 5.75 Å². The highest BCUT2D eigenvalue weighted by molar-refractivity contribution is 9.09. The lowest BCUT2D eigenvalue weighted by molar-refractivity contribution is 0.0645. The van der Waals surface area contributed by atoms with E-state index >= 15 is 0 Å². The Bertz CT molecular complexity index is 426. The van der Waals surface area contributed by atoms with Crippen LogP contribution in [0.3, 0.4) is 0 Å². The summed E-state index contributed by atoms with van der Waals surface area (Å²) in [6, 6.07) is 8.56. The van der Waals surface area contributed by atoms with Crippen molar-refractivity contribution in [3.63, 3.8) is 0 Å². The molecule has 0 saturated heterocycles. The minimum atomic E-state index is -0.0225. The molecule has 0 amide bonds. The van der Waals surface area contributed by atoms with Gasteiger partial charge in [0.15, 0.2) is 0 Å². The summed E-state index contributed by atoms with van der Waals surface area (Å²) in [5.74, 6) is 1.89. The van der Waals surface area contributed by atoms with E-state index < -0.39 is 0 Å². The van der Waals surface area contributed by atoms with E-state index in [-0.39, 0.29) is 5.60 Å². The van der Waals surface area contributed by atoms with Crippen molar-refractivity contribution in [1.82, 2.24) is 0 Å². The smallest absolute Gasteiger partial charge is 0.123 e. The molecule has 2 atom stereocenters. The lowest BCUT2D eigenvalue weighted by atomic mass is 9.80. The summed E-state index contributed by atoms with van der Waals surface area (Å²) < 4.78 is 6.07. The zero-order chi connectivity index (χ0) is 11.4. The van der Waals surface area contributed by atoms with Crippen LogP contribution < -0.4 is 4.74 Å². The Morgan fingerprint density at radius 1 is 1.38 bits per heavy atom. The van der Waals surface area contributed by atoms with Gasteiger partial charge in [-0.1, -0.05) is 34.1 Å². The second kappa shape index (κ2) is 3.25. The first-order valence-electron chi connectivity index (χ1n) is 5.92. The SMILES string of the molecule is CC1(C)CC2(CC2CBr)c2ccccc2O1. The van der Waals surface area contributed by atoms with E-state index in [1.54, 1.807) is 0 Å². The summed E-state index contributed by atoms with van der Waals surface area (Å²) in [5, 5.41) is 1.11. The van der Waals surface area contributed by atoms with Crippen LogP contribution >= 0.6 is 15.9 Å². The maximum atomic E-state index is 6.07. The molecule has 2 aliphatic rings. The lowest BCUT2D eigenvalue weighted by Crippen LogP contribution is -2.38. The van der Waals surface area contributed by atoms with E-state index in [4.69, 9.17) is 4.74 Å². The third-order valence-corrected chi connectivity index (χ3v) is 4.75. The molecule has 16 heavy (non-hydrogen) atoms. The maximum absolute atomic E-state index is 6.07. The molecule has 0 bridgehead atoms. The van der Waals surface area contributed by atoms with Crippen LogP contribution in [-0.4, -0.2) is 10.9 Å². The topological polar surface area (TPSA) is 9.23 Å². The molecule has 1 aliphatic carbocycles. The van der Waals surface area contributed by atoms with Gasteiger partial charge in [0.1, 0.15) is 11.4 Å². The molecule has 1 saturated carbocycles. The van der Waals surface area contributed by atoms with Gasteiger partial charge in [-0.3, -0.25) is 0 Å². The third kappa shape index (κ3) is 1.42. The second-order valence-corrected chi connectivity index (χ2v) is 6.39. The van der Waals surface area contributed by atoms with Gasteiger partial charge in [-0.05, 0) is 38.7 Å². The monoisotopic (exact) mass is 280 g/mol. The van der Waals surface area contributed by atoms with Crippen LogP contribution in [0, 0.1) is 5.92 Å². The first-order chi connectivity index (χ1) is 7.57. The Hall–Kier alpha value is -0.500. The van der Waals surface area contributed by atoms with Crippen molar-refractivity contribution >= 4 is 15.9 Å². The van der Waals surface area contributed by atoms with E-state index in [2.05, 4.69) is 54.0 Å². The molecule has 2 unspecified atom stereocenters. The van der Waals surface area contributed by atoms with Crippen molar-refractivity contribution in [3.05, 3.63) is 29.8 Å². The highest BCUT2D eigenvalue weighted by atomic mass is 79.9.